The van der Waals surface area contributed by atoms with E-state index in [1.807, 2.05) is 5.32 Å². The molecule has 1 unspecified atom stereocenters. The molecule has 1 atom stereocenters. The van der Waals surface area contributed by atoms with Crippen LogP contribution in [0.25, 0.3) is 0 Å². The van der Waals surface area contributed by atoms with Gasteiger partial charge in [0, 0.05) is 0 Å². The van der Waals surface area contributed by atoms with Crippen LogP contribution in [0.4, 0.5) is 0 Å². The van der Waals surface area contributed by atoms with Crippen molar-refractivity contribution < 1.29 is 5.06 Å². The number of rotatable bonds is 0. The molecule has 0 aliphatic rings. The monoisotopic (exact) mass is 131 g/mol. The number of nitrogens with one attached hydrogen (secondary N) is 4. The van der Waals surface area contributed by atoms with Crippen LogP contribution < -0.4 is 16.1 Å². The standard InChI is InChI=1S/C3H9N5O/c1-8(9)3(6)7-2(4)5/h8H,1H3,(H5,4,5,6,7). The van der Waals surface area contributed by atoms with E-state index in [1.165, 1.54) is 7.05 Å². The van der Waals surface area contributed by atoms with Crippen LogP contribution in [-0.4, -0.2) is 19.0 Å². The average molecular weight is 131 g/mol. The van der Waals surface area contributed by atoms with E-state index in [4.69, 9.17) is 16.6 Å². The van der Waals surface area contributed by atoms with Crippen LogP contribution in [0.3, 0.4) is 0 Å². The molecule has 6 nitrogen and oxygen atoms in total. The molecule has 52 valence electrons. The van der Waals surface area contributed by atoms with E-state index in [0.717, 1.165) is 0 Å². The van der Waals surface area contributed by atoms with E-state index < -0.39 is 11.0 Å². The number of quaternary nitrogens is 1. The van der Waals surface area contributed by atoms with Gasteiger partial charge in [-0.3, -0.25) is 10.7 Å². The van der Waals surface area contributed by atoms with Gasteiger partial charge in [0.05, 0.1) is 7.05 Å². The normalized spacial score (nSPS) is 12.2. The van der Waals surface area contributed by atoms with Crippen LogP contribution in [0, 0.1) is 16.0 Å². The van der Waals surface area contributed by atoms with E-state index in [2.05, 4.69) is 0 Å². The smallest absolute Gasteiger partial charge is 0.299 e. The lowest BCUT2D eigenvalue weighted by molar-refractivity contribution is -0.725. The molecule has 0 heterocycles. The molecule has 0 saturated carbocycles. The Labute approximate surface area is 52.2 Å². The summed E-state index contributed by atoms with van der Waals surface area (Å²) in [7, 11) is 1.22. The number of hydrogen-bond donors (Lipinski definition) is 5. The fourth-order valence-electron chi connectivity index (χ4n) is 0.223. The summed E-state index contributed by atoms with van der Waals surface area (Å²) in [4.78, 5) is 0. The Morgan fingerprint density at radius 2 is 2.11 bits per heavy atom. The zero-order valence-electron chi connectivity index (χ0n) is 4.99. The lowest BCUT2D eigenvalue weighted by atomic mass is 10.8. The minimum Gasteiger partial charge on any atom is -0.627 e. The largest absolute Gasteiger partial charge is 0.627 e. The highest BCUT2D eigenvalue weighted by molar-refractivity contribution is 5.90. The fraction of sp³-hybridized carbons (Fsp3) is 0.333. The van der Waals surface area contributed by atoms with Gasteiger partial charge in [0.15, 0.2) is 5.96 Å². The summed E-state index contributed by atoms with van der Waals surface area (Å²) in [6.07, 6.45) is 0. The minimum absolute atomic E-state index is 0.359. The van der Waals surface area contributed by atoms with Crippen molar-refractivity contribution in [2.45, 2.75) is 0 Å². The van der Waals surface area contributed by atoms with E-state index in [1.54, 1.807) is 0 Å². The van der Waals surface area contributed by atoms with Gasteiger partial charge in [0.2, 0.25) is 0 Å². The first-order chi connectivity index (χ1) is 4.04. The molecule has 6 heteroatoms. The van der Waals surface area contributed by atoms with Crippen LogP contribution in [0.15, 0.2) is 0 Å². The van der Waals surface area contributed by atoms with Gasteiger partial charge in [-0.2, -0.15) is 0 Å². The molecule has 0 aromatic rings. The van der Waals surface area contributed by atoms with E-state index >= 15 is 0 Å². The summed E-state index contributed by atoms with van der Waals surface area (Å²) in [5.74, 6) is -0.752. The van der Waals surface area contributed by atoms with E-state index in [-0.39, 0.29) is 5.96 Å². The Balaban J connectivity index is 3.64. The molecular formula is C3H9N5O. The number of nitrogens with two attached hydrogens (primary N) is 1. The van der Waals surface area contributed by atoms with E-state index in [0.29, 0.717) is 0 Å². The molecule has 0 spiro atoms. The summed E-state index contributed by atoms with van der Waals surface area (Å²) in [6.45, 7) is 0. The Morgan fingerprint density at radius 1 is 1.67 bits per heavy atom. The molecule has 0 aromatic heterocycles. The topological polar surface area (TPSA) is 113 Å². The number of hydroxylamine groups is 2. The maximum atomic E-state index is 10.2. The molecule has 0 aliphatic carbocycles. The quantitative estimate of drug-likeness (QED) is 0.141. The van der Waals surface area contributed by atoms with Crippen molar-refractivity contribution in [1.29, 1.82) is 10.8 Å². The highest BCUT2D eigenvalue weighted by Gasteiger charge is 1.98. The fourth-order valence-corrected chi connectivity index (χ4v) is 0.223. The molecule has 0 aliphatic heterocycles. The van der Waals surface area contributed by atoms with Crippen LogP contribution >= 0.6 is 0 Å². The molecule has 0 bridgehead atoms. The first-order valence-corrected chi connectivity index (χ1v) is 2.24. The van der Waals surface area contributed by atoms with Crippen molar-refractivity contribution in [2.24, 2.45) is 5.73 Å². The maximum Gasteiger partial charge on any atom is 0.299 e. The third-order valence-corrected chi connectivity index (χ3v) is 0.612. The first kappa shape index (κ1) is 7.86. The van der Waals surface area contributed by atoms with Crippen molar-refractivity contribution in [3.05, 3.63) is 5.21 Å². The van der Waals surface area contributed by atoms with Crippen LogP contribution in [0.5, 0.6) is 0 Å². The van der Waals surface area contributed by atoms with Crippen molar-refractivity contribution >= 4 is 11.9 Å². The third kappa shape index (κ3) is 3.44. The number of hydrogen-bond acceptors (Lipinski definition) is 3. The Morgan fingerprint density at radius 3 is 2.22 bits per heavy atom. The predicted octanol–water partition coefficient (Wildman–Crippen LogP) is -2.58. The summed E-state index contributed by atoms with van der Waals surface area (Å²) in [5.41, 5.74) is 4.81. The van der Waals surface area contributed by atoms with Gasteiger partial charge in [0.1, 0.15) is 0 Å². The molecule has 0 amide bonds. The summed E-state index contributed by atoms with van der Waals surface area (Å²) in [5, 5.41) is 25.2. The zero-order valence-corrected chi connectivity index (χ0v) is 4.99. The number of guanidine groups is 2. The van der Waals surface area contributed by atoms with Crippen molar-refractivity contribution in [2.75, 3.05) is 7.05 Å². The Hall–Kier alpha value is -1.14. The van der Waals surface area contributed by atoms with Crippen LogP contribution in [0.1, 0.15) is 0 Å². The molecule has 0 aromatic carbocycles. The zero-order chi connectivity index (χ0) is 7.44. The third-order valence-electron chi connectivity index (χ3n) is 0.612. The first-order valence-electron chi connectivity index (χ1n) is 2.24. The van der Waals surface area contributed by atoms with Crippen molar-refractivity contribution in [3.8, 4) is 0 Å². The van der Waals surface area contributed by atoms with Crippen LogP contribution in [0.2, 0.25) is 0 Å². The molecule has 0 saturated heterocycles. The maximum absolute atomic E-state index is 10.2. The summed E-state index contributed by atoms with van der Waals surface area (Å²) >= 11 is 0. The second kappa shape index (κ2) is 3.00. The average Bonchev–Trinajstić information content (AvgIpc) is 1.63. The lowest BCUT2D eigenvalue weighted by Gasteiger charge is -2.15. The molecular weight excluding hydrogens is 122 g/mol. The Kier molecular flexibility index (Phi) is 2.62. The molecule has 0 radical (unpaired) electrons. The molecule has 6 N–H and O–H groups in total. The van der Waals surface area contributed by atoms with E-state index in [9.17, 15) is 5.21 Å². The predicted molar refractivity (Wildman–Crippen MR) is 33.0 cm³/mol. The second-order valence-corrected chi connectivity index (χ2v) is 1.47. The Bertz CT molecular complexity index is 130. The summed E-state index contributed by atoms with van der Waals surface area (Å²) in [6, 6.07) is 0. The van der Waals surface area contributed by atoms with Crippen molar-refractivity contribution in [3.63, 3.8) is 0 Å². The van der Waals surface area contributed by atoms with Crippen molar-refractivity contribution in [1.82, 2.24) is 5.32 Å². The van der Waals surface area contributed by atoms with Gasteiger partial charge in [-0.25, -0.2) is 5.41 Å². The molecule has 9 heavy (non-hydrogen) atoms. The molecule has 0 fully saturated rings. The summed E-state index contributed by atoms with van der Waals surface area (Å²) < 4.78 is 0. The van der Waals surface area contributed by atoms with Gasteiger partial charge >= 0.3 is 0 Å². The van der Waals surface area contributed by atoms with Gasteiger partial charge in [-0.05, 0) is 0 Å². The SMILES string of the molecule is C[NH+]([O-])C(=N)NC(=N)N. The lowest BCUT2D eigenvalue weighted by Crippen LogP contribution is -3.09. The van der Waals surface area contributed by atoms with Gasteiger partial charge in [-0.1, -0.05) is 0 Å². The molecule has 0 rings (SSSR count). The second-order valence-electron chi connectivity index (χ2n) is 1.47. The van der Waals surface area contributed by atoms with Crippen LogP contribution in [-0.2, 0) is 0 Å². The minimum atomic E-state index is -0.440. The highest BCUT2D eigenvalue weighted by Crippen LogP contribution is 1.46. The van der Waals surface area contributed by atoms with Gasteiger partial charge in [0.25, 0.3) is 5.96 Å². The van der Waals surface area contributed by atoms with Gasteiger partial charge in [-0.15, -0.1) is 0 Å². The van der Waals surface area contributed by atoms with Gasteiger partial charge < -0.3 is 16.0 Å². The highest BCUT2D eigenvalue weighted by atomic mass is 16.5.